The van der Waals surface area contributed by atoms with Crippen LogP contribution >= 0.6 is 11.6 Å². The van der Waals surface area contributed by atoms with Crippen molar-refractivity contribution in [2.75, 3.05) is 23.9 Å². The van der Waals surface area contributed by atoms with Crippen LogP contribution in [0.1, 0.15) is 6.42 Å². The van der Waals surface area contributed by atoms with E-state index in [-0.39, 0.29) is 18.2 Å². The molecule has 1 heterocycles. The first kappa shape index (κ1) is 16.3. The van der Waals surface area contributed by atoms with Crippen molar-refractivity contribution in [2.24, 2.45) is 5.92 Å². The van der Waals surface area contributed by atoms with Crippen LogP contribution in [-0.4, -0.2) is 25.5 Å². The molecular weight excluding hydrogens is 328 g/mol. The fraction of sp³-hybridized carbons (Fsp3) is 0.222. The summed E-state index contributed by atoms with van der Waals surface area (Å²) in [5.74, 6) is -0.164. The Hall–Kier alpha value is -2.53. The third-order valence-corrected chi connectivity index (χ3v) is 4.32. The molecule has 1 atom stereocenters. The molecule has 0 radical (unpaired) electrons. The summed E-state index contributed by atoms with van der Waals surface area (Å²) in [6.45, 7) is 0.309. The molecule has 1 N–H and O–H groups in total. The molecule has 1 fully saturated rings. The third-order valence-electron chi connectivity index (χ3n) is 4.00. The van der Waals surface area contributed by atoms with Gasteiger partial charge in [-0.15, -0.1) is 0 Å². The Morgan fingerprint density at radius 2 is 1.92 bits per heavy atom. The van der Waals surface area contributed by atoms with E-state index in [1.54, 1.807) is 42.3 Å². The van der Waals surface area contributed by atoms with Gasteiger partial charge in [-0.1, -0.05) is 35.9 Å². The van der Waals surface area contributed by atoms with Gasteiger partial charge in [-0.2, -0.15) is 0 Å². The number of benzene rings is 2. The standard InChI is InChI=1S/C18H17ClN2O3/c1-24-16-9-5-3-7-14(16)20-18(23)12-10-17(22)21(11-12)15-8-4-2-6-13(15)19/h2-9,12H,10-11H2,1H3,(H,20,23)/t12-/m1/s1. The van der Waals surface area contributed by atoms with E-state index in [4.69, 9.17) is 16.3 Å². The smallest absolute Gasteiger partial charge is 0.229 e. The first-order chi connectivity index (χ1) is 11.6. The number of ether oxygens (including phenoxy) is 1. The van der Waals surface area contributed by atoms with Crippen LogP contribution in [0.3, 0.4) is 0 Å². The van der Waals surface area contributed by atoms with Crippen LogP contribution in [0.2, 0.25) is 5.02 Å². The number of amides is 2. The Morgan fingerprint density at radius 3 is 2.67 bits per heavy atom. The van der Waals surface area contributed by atoms with Gasteiger partial charge in [0.05, 0.1) is 29.4 Å². The van der Waals surface area contributed by atoms with E-state index in [1.165, 1.54) is 0 Å². The Morgan fingerprint density at radius 1 is 1.21 bits per heavy atom. The van der Waals surface area contributed by atoms with Crippen molar-refractivity contribution < 1.29 is 14.3 Å². The number of anilines is 2. The van der Waals surface area contributed by atoms with Gasteiger partial charge in [-0.3, -0.25) is 9.59 Å². The lowest BCUT2D eigenvalue weighted by Gasteiger charge is -2.18. The second-order valence-electron chi connectivity index (χ2n) is 5.55. The first-order valence-electron chi connectivity index (χ1n) is 7.59. The lowest BCUT2D eigenvalue weighted by Crippen LogP contribution is -2.28. The second kappa shape index (κ2) is 6.93. The summed E-state index contributed by atoms with van der Waals surface area (Å²) >= 11 is 6.16. The van der Waals surface area contributed by atoms with Crippen molar-refractivity contribution in [3.05, 3.63) is 53.6 Å². The highest BCUT2D eigenvalue weighted by atomic mass is 35.5. The van der Waals surface area contributed by atoms with E-state index in [9.17, 15) is 9.59 Å². The third kappa shape index (κ3) is 3.21. The van der Waals surface area contributed by atoms with Crippen molar-refractivity contribution >= 4 is 34.8 Å². The van der Waals surface area contributed by atoms with Gasteiger partial charge < -0.3 is 15.0 Å². The monoisotopic (exact) mass is 344 g/mol. The van der Waals surface area contributed by atoms with Crippen molar-refractivity contribution in [2.45, 2.75) is 6.42 Å². The molecule has 2 aromatic rings. The minimum Gasteiger partial charge on any atom is -0.495 e. The van der Waals surface area contributed by atoms with E-state index >= 15 is 0 Å². The first-order valence-corrected chi connectivity index (χ1v) is 7.96. The highest BCUT2D eigenvalue weighted by Crippen LogP contribution is 2.32. The quantitative estimate of drug-likeness (QED) is 0.925. The molecule has 0 unspecified atom stereocenters. The van der Waals surface area contributed by atoms with Gasteiger partial charge >= 0.3 is 0 Å². The number of hydrogen-bond donors (Lipinski definition) is 1. The number of nitrogens with one attached hydrogen (secondary N) is 1. The Kier molecular flexibility index (Phi) is 4.71. The van der Waals surface area contributed by atoms with E-state index in [0.29, 0.717) is 28.7 Å². The number of carbonyl (C=O) groups excluding carboxylic acids is 2. The van der Waals surface area contributed by atoms with Crippen molar-refractivity contribution in [3.8, 4) is 5.75 Å². The molecule has 0 aromatic heterocycles. The molecule has 2 aromatic carbocycles. The van der Waals surface area contributed by atoms with E-state index in [1.807, 2.05) is 18.2 Å². The molecule has 0 bridgehead atoms. The lowest BCUT2D eigenvalue weighted by atomic mass is 10.1. The average Bonchev–Trinajstić information content (AvgIpc) is 2.97. The van der Waals surface area contributed by atoms with Gasteiger partial charge in [0.2, 0.25) is 11.8 Å². The molecule has 0 spiro atoms. The molecule has 124 valence electrons. The topological polar surface area (TPSA) is 58.6 Å². The summed E-state index contributed by atoms with van der Waals surface area (Å²) in [5.41, 5.74) is 1.23. The van der Waals surface area contributed by atoms with Crippen LogP contribution in [-0.2, 0) is 9.59 Å². The van der Waals surface area contributed by atoms with Crippen molar-refractivity contribution in [3.63, 3.8) is 0 Å². The zero-order chi connectivity index (χ0) is 17.1. The van der Waals surface area contributed by atoms with Crippen LogP contribution in [0.25, 0.3) is 0 Å². The average molecular weight is 345 g/mol. The minimum absolute atomic E-state index is 0.108. The SMILES string of the molecule is COc1ccccc1NC(=O)[C@@H]1CC(=O)N(c2ccccc2Cl)C1. The fourth-order valence-corrected chi connectivity index (χ4v) is 3.01. The maximum atomic E-state index is 12.5. The highest BCUT2D eigenvalue weighted by molar-refractivity contribution is 6.33. The molecule has 6 heteroatoms. The Labute approximate surface area is 145 Å². The van der Waals surface area contributed by atoms with Crippen LogP contribution in [0.5, 0.6) is 5.75 Å². The van der Waals surface area contributed by atoms with Crippen LogP contribution in [0.4, 0.5) is 11.4 Å². The molecule has 2 amide bonds. The second-order valence-corrected chi connectivity index (χ2v) is 5.95. The predicted octanol–water partition coefficient (Wildman–Crippen LogP) is 3.34. The van der Waals surface area contributed by atoms with E-state index in [2.05, 4.69) is 5.32 Å². The van der Waals surface area contributed by atoms with Crippen molar-refractivity contribution in [1.82, 2.24) is 0 Å². The molecule has 1 aliphatic rings. The summed E-state index contributed by atoms with van der Waals surface area (Å²) in [5, 5.41) is 3.33. The Balaban J connectivity index is 1.74. The van der Waals surface area contributed by atoms with Gasteiger partial charge in [0, 0.05) is 13.0 Å². The maximum absolute atomic E-state index is 12.5. The molecule has 1 aliphatic heterocycles. The number of methoxy groups -OCH3 is 1. The largest absolute Gasteiger partial charge is 0.495 e. The summed E-state index contributed by atoms with van der Waals surface area (Å²) in [7, 11) is 1.54. The van der Waals surface area contributed by atoms with Gasteiger partial charge in [0.1, 0.15) is 5.75 Å². The number of para-hydroxylation sites is 3. The molecule has 5 nitrogen and oxygen atoms in total. The van der Waals surface area contributed by atoms with Gasteiger partial charge in [0.15, 0.2) is 0 Å². The molecule has 1 saturated heterocycles. The number of halogens is 1. The zero-order valence-corrected chi connectivity index (χ0v) is 13.9. The molecule has 24 heavy (non-hydrogen) atoms. The lowest BCUT2D eigenvalue weighted by molar-refractivity contribution is -0.122. The van der Waals surface area contributed by atoms with Crippen LogP contribution < -0.4 is 15.0 Å². The molecule has 0 saturated carbocycles. The summed E-state index contributed by atoms with van der Waals surface area (Å²) in [4.78, 5) is 26.4. The summed E-state index contributed by atoms with van der Waals surface area (Å²) in [6.07, 6.45) is 0.159. The number of carbonyl (C=O) groups is 2. The zero-order valence-electron chi connectivity index (χ0n) is 13.2. The van der Waals surface area contributed by atoms with Crippen molar-refractivity contribution in [1.29, 1.82) is 0 Å². The number of nitrogens with zero attached hydrogens (tertiary/aromatic N) is 1. The highest BCUT2D eigenvalue weighted by Gasteiger charge is 2.36. The van der Waals surface area contributed by atoms with Gasteiger partial charge in [-0.05, 0) is 24.3 Å². The van der Waals surface area contributed by atoms with E-state index in [0.717, 1.165) is 0 Å². The van der Waals surface area contributed by atoms with E-state index < -0.39 is 5.92 Å². The normalized spacial score (nSPS) is 17.0. The summed E-state index contributed by atoms with van der Waals surface area (Å²) < 4.78 is 5.23. The molecular formula is C18H17ClN2O3. The van der Waals surface area contributed by atoms with Crippen LogP contribution in [0.15, 0.2) is 48.5 Å². The predicted molar refractivity (Wildman–Crippen MR) is 93.5 cm³/mol. The van der Waals surface area contributed by atoms with Crippen LogP contribution in [0, 0.1) is 5.92 Å². The fourth-order valence-electron chi connectivity index (χ4n) is 2.77. The van der Waals surface area contributed by atoms with Gasteiger partial charge in [-0.25, -0.2) is 0 Å². The molecule has 3 rings (SSSR count). The minimum atomic E-state index is -0.432. The van der Waals surface area contributed by atoms with Gasteiger partial charge in [0.25, 0.3) is 0 Å². The Bertz CT molecular complexity index is 778. The number of rotatable bonds is 4. The molecule has 0 aliphatic carbocycles. The number of hydrogen-bond acceptors (Lipinski definition) is 3. The summed E-state index contributed by atoms with van der Waals surface area (Å²) in [6, 6.07) is 14.3. The maximum Gasteiger partial charge on any atom is 0.229 e.